The molecule has 6 unspecified atom stereocenters. The second-order valence-corrected chi connectivity index (χ2v) is 5.71. The largest absolute Gasteiger partial charge is 0.396 e. The molecule has 0 heterocycles. The summed E-state index contributed by atoms with van der Waals surface area (Å²) in [6, 6.07) is 0. The summed E-state index contributed by atoms with van der Waals surface area (Å²) in [6.07, 6.45) is 4.92. The van der Waals surface area contributed by atoms with E-state index in [4.69, 9.17) is 0 Å². The first-order chi connectivity index (χ1) is 7.26. The van der Waals surface area contributed by atoms with E-state index in [1.54, 1.807) is 0 Å². The Labute approximate surface area is 91.0 Å². The van der Waals surface area contributed by atoms with E-state index in [1.807, 2.05) is 0 Å². The van der Waals surface area contributed by atoms with Crippen LogP contribution in [0.1, 0.15) is 19.8 Å². The number of allylic oxidation sites excluding steroid dienone is 2. The molecular weight excluding hydrogens is 188 g/mol. The van der Waals surface area contributed by atoms with Crippen molar-refractivity contribution in [3.8, 4) is 0 Å². The third-order valence-corrected chi connectivity index (χ3v) is 5.19. The Bertz CT molecular complexity index is 295. The zero-order valence-electron chi connectivity index (χ0n) is 9.26. The monoisotopic (exact) mass is 208 g/mol. The van der Waals surface area contributed by atoms with Crippen molar-refractivity contribution in [3.05, 3.63) is 11.6 Å². The predicted molar refractivity (Wildman–Crippen MR) is 58.1 cm³/mol. The second-order valence-electron chi connectivity index (χ2n) is 5.71. The Morgan fingerprint density at radius 2 is 1.80 bits per heavy atom. The van der Waals surface area contributed by atoms with Gasteiger partial charge in [0.25, 0.3) is 0 Å². The molecule has 0 aromatic rings. The molecule has 3 rings (SSSR count). The van der Waals surface area contributed by atoms with Crippen molar-refractivity contribution in [1.29, 1.82) is 0 Å². The van der Waals surface area contributed by atoms with Crippen LogP contribution in [0.25, 0.3) is 0 Å². The molecule has 15 heavy (non-hydrogen) atoms. The lowest BCUT2D eigenvalue weighted by Crippen LogP contribution is -2.36. The van der Waals surface area contributed by atoms with Gasteiger partial charge >= 0.3 is 0 Å². The predicted octanol–water partition coefficient (Wildman–Crippen LogP) is 1.44. The summed E-state index contributed by atoms with van der Waals surface area (Å²) >= 11 is 0. The molecule has 2 heteroatoms. The summed E-state index contributed by atoms with van der Waals surface area (Å²) in [5.41, 5.74) is 1.52. The van der Waals surface area contributed by atoms with Crippen LogP contribution in [0.2, 0.25) is 0 Å². The molecule has 0 aromatic carbocycles. The molecule has 0 aromatic heterocycles. The van der Waals surface area contributed by atoms with Crippen LogP contribution in [0, 0.1) is 35.5 Å². The topological polar surface area (TPSA) is 40.5 Å². The van der Waals surface area contributed by atoms with Crippen molar-refractivity contribution in [2.24, 2.45) is 35.5 Å². The fourth-order valence-corrected chi connectivity index (χ4v) is 4.68. The van der Waals surface area contributed by atoms with Gasteiger partial charge in [-0.3, -0.25) is 0 Å². The molecule has 0 spiro atoms. The molecule has 0 saturated heterocycles. The van der Waals surface area contributed by atoms with Crippen LogP contribution in [-0.4, -0.2) is 23.4 Å². The maximum atomic E-state index is 9.45. The highest BCUT2D eigenvalue weighted by molar-refractivity contribution is 5.21. The van der Waals surface area contributed by atoms with Crippen LogP contribution in [0.15, 0.2) is 11.6 Å². The zero-order chi connectivity index (χ0) is 10.6. The summed E-state index contributed by atoms with van der Waals surface area (Å²) in [5, 5.41) is 18.9. The van der Waals surface area contributed by atoms with E-state index in [0.717, 1.165) is 11.8 Å². The Hall–Kier alpha value is -0.340. The van der Waals surface area contributed by atoms with Crippen molar-refractivity contribution in [2.45, 2.75) is 19.8 Å². The van der Waals surface area contributed by atoms with Gasteiger partial charge in [-0.2, -0.15) is 0 Å². The molecule has 2 fully saturated rings. The third kappa shape index (κ3) is 1.18. The molecule has 0 aliphatic heterocycles. The highest BCUT2D eigenvalue weighted by Gasteiger charge is 2.57. The first-order valence-electron chi connectivity index (χ1n) is 6.15. The van der Waals surface area contributed by atoms with Crippen molar-refractivity contribution >= 4 is 0 Å². The molecule has 84 valence electrons. The van der Waals surface area contributed by atoms with Gasteiger partial charge in [-0.1, -0.05) is 11.6 Å². The molecule has 2 bridgehead atoms. The molecule has 2 nitrogen and oxygen atoms in total. The Balaban J connectivity index is 1.88. The summed E-state index contributed by atoms with van der Waals surface area (Å²) in [4.78, 5) is 0. The fourth-order valence-electron chi connectivity index (χ4n) is 4.68. The molecule has 6 atom stereocenters. The van der Waals surface area contributed by atoms with Crippen LogP contribution in [0.3, 0.4) is 0 Å². The van der Waals surface area contributed by atoms with Crippen molar-refractivity contribution in [2.75, 3.05) is 13.2 Å². The van der Waals surface area contributed by atoms with Gasteiger partial charge in [0, 0.05) is 13.2 Å². The fraction of sp³-hybridized carbons (Fsp3) is 0.846. The number of hydrogen-bond acceptors (Lipinski definition) is 2. The highest BCUT2D eigenvalue weighted by atomic mass is 16.3. The van der Waals surface area contributed by atoms with Crippen molar-refractivity contribution in [3.63, 3.8) is 0 Å². The van der Waals surface area contributed by atoms with Crippen LogP contribution >= 0.6 is 0 Å². The van der Waals surface area contributed by atoms with Crippen LogP contribution in [0.4, 0.5) is 0 Å². The van der Waals surface area contributed by atoms with Gasteiger partial charge in [0.1, 0.15) is 0 Å². The molecule has 3 aliphatic carbocycles. The molecule has 3 aliphatic rings. The maximum absolute atomic E-state index is 9.45. The molecule has 2 saturated carbocycles. The smallest absolute Gasteiger partial charge is 0.0465 e. The normalized spacial score (nSPS) is 52.1. The summed E-state index contributed by atoms with van der Waals surface area (Å²) in [5.74, 6) is 3.57. The quantitative estimate of drug-likeness (QED) is 0.674. The lowest BCUT2D eigenvalue weighted by atomic mass is 9.70. The first kappa shape index (κ1) is 9.86. The number of fused-ring (bicyclic) bond motifs is 5. The van der Waals surface area contributed by atoms with Gasteiger partial charge < -0.3 is 10.2 Å². The van der Waals surface area contributed by atoms with E-state index < -0.39 is 0 Å². The Morgan fingerprint density at radius 1 is 1.13 bits per heavy atom. The number of aliphatic hydroxyl groups is 2. The first-order valence-corrected chi connectivity index (χ1v) is 6.15. The highest BCUT2D eigenvalue weighted by Crippen LogP contribution is 2.62. The van der Waals surface area contributed by atoms with Crippen molar-refractivity contribution < 1.29 is 10.2 Å². The van der Waals surface area contributed by atoms with E-state index in [9.17, 15) is 10.2 Å². The van der Waals surface area contributed by atoms with Gasteiger partial charge in [0.2, 0.25) is 0 Å². The van der Waals surface area contributed by atoms with E-state index in [0.29, 0.717) is 23.7 Å². The van der Waals surface area contributed by atoms with E-state index in [-0.39, 0.29) is 13.2 Å². The molecule has 2 N–H and O–H groups in total. The standard InChI is InChI=1S/C13H20O2/c1-7-2-8-9(3-7)11-4-10(8)12(5-14)13(11)6-15/h2,8-15H,3-6H2,1H3. The SMILES string of the molecule is CC1=CC2C3CC(C2C1)C(CO)C3CO. The summed E-state index contributed by atoms with van der Waals surface area (Å²) < 4.78 is 0. The van der Waals surface area contributed by atoms with E-state index in [2.05, 4.69) is 13.0 Å². The van der Waals surface area contributed by atoms with Gasteiger partial charge in [-0.25, -0.2) is 0 Å². The number of aliphatic hydroxyl groups excluding tert-OH is 2. The summed E-state index contributed by atoms with van der Waals surface area (Å²) in [6.45, 7) is 2.76. The Morgan fingerprint density at radius 3 is 2.47 bits per heavy atom. The number of rotatable bonds is 2. The lowest BCUT2D eigenvalue weighted by molar-refractivity contribution is 0.0399. The van der Waals surface area contributed by atoms with Gasteiger partial charge in [-0.15, -0.1) is 0 Å². The maximum Gasteiger partial charge on any atom is 0.0465 e. The average Bonchev–Trinajstić information content (AvgIpc) is 2.83. The van der Waals surface area contributed by atoms with Gasteiger partial charge in [-0.05, 0) is 55.3 Å². The minimum absolute atomic E-state index is 0.266. The molecule has 0 amide bonds. The zero-order valence-corrected chi connectivity index (χ0v) is 9.26. The van der Waals surface area contributed by atoms with E-state index in [1.165, 1.54) is 18.4 Å². The van der Waals surface area contributed by atoms with Crippen LogP contribution in [0.5, 0.6) is 0 Å². The molecule has 0 radical (unpaired) electrons. The van der Waals surface area contributed by atoms with E-state index >= 15 is 0 Å². The summed E-state index contributed by atoms with van der Waals surface area (Å²) in [7, 11) is 0. The lowest BCUT2D eigenvalue weighted by Gasteiger charge is -2.36. The van der Waals surface area contributed by atoms with Crippen LogP contribution < -0.4 is 0 Å². The van der Waals surface area contributed by atoms with Gasteiger partial charge in [0.05, 0.1) is 0 Å². The molecular formula is C13H20O2. The minimum atomic E-state index is 0.266. The van der Waals surface area contributed by atoms with Crippen LogP contribution in [-0.2, 0) is 0 Å². The minimum Gasteiger partial charge on any atom is -0.396 e. The number of hydrogen-bond donors (Lipinski definition) is 2. The average molecular weight is 208 g/mol. The Kier molecular flexibility index (Phi) is 2.18. The van der Waals surface area contributed by atoms with Crippen molar-refractivity contribution in [1.82, 2.24) is 0 Å². The second kappa shape index (κ2) is 3.33. The van der Waals surface area contributed by atoms with Gasteiger partial charge in [0.15, 0.2) is 0 Å². The third-order valence-electron chi connectivity index (χ3n) is 5.19.